The van der Waals surface area contributed by atoms with E-state index in [2.05, 4.69) is 28.1 Å². The smallest absolute Gasteiger partial charge is 0.130 e. The number of benzene rings is 2. The van der Waals surface area contributed by atoms with Crippen LogP contribution in [0.1, 0.15) is 35.6 Å². The first-order valence-corrected chi connectivity index (χ1v) is 8.54. The van der Waals surface area contributed by atoms with Crippen molar-refractivity contribution in [3.63, 3.8) is 0 Å². The minimum atomic E-state index is -0.342. The van der Waals surface area contributed by atoms with Crippen molar-refractivity contribution in [1.82, 2.24) is 0 Å². The zero-order chi connectivity index (χ0) is 16.4. The molecule has 0 unspecified atom stereocenters. The Morgan fingerprint density at radius 1 is 1.26 bits per heavy atom. The van der Waals surface area contributed by atoms with E-state index in [9.17, 15) is 9.65 Å². The van der Waals surface area contributed by atoms with Gasteiger partial charge in [0, 0.05) is 28.1 Å². The summed E-state index contributed by atoms with van der Waals surface area (Å²) < 4.78 is 19.4. The van der Waals surface area contributed by atoms with Gasteiger partial charge in [0.1, 0.15) is 18.2 Å². The van der Waals surface area contributed by atoms with Crippen molar-refractivity contribution < 1.29 is 9.13 Å². The van der Waals surface area contributed by atoms with E-state index in [4.69, 9.17) is 4.74 Å². The number of ether oxygens (including phenoxy) is 1. The van der Waals surface area contributed by atoms with Crippen LogP contribution in [0.5, 0.6) is 5.75 Å². The Labute approximate surface area is 143 Å². The average molecular weight is 372 g/mol. The molecule has 0 saturated heterocycles. The van der Waals surface area contributed by atoms with Gasteiger partial charge in [-0.3, -0.25) is 0 Å². The van der Waals surface area contributed by atoms with Crippen LogP contribution in [0, 0.1) is 17.1 Å². The molecule has 0 aromatic heterocycles. The van der Waals surface area contributed by atoms with Crippen LogP contribution in [-0.2, 0) is 11.9 Å². The minimum absolute atomic E-state index is 0.342. The van der Waals surface area contributed by atoms with Crippen LogP contribution in [0.25, 0.3) is 5.57 Å². The van der Waals surface area contributed by atoms with Crippen molar-refractivity contribution >= 4 is 21.5 Å². The minimum Gasteiger partial charge on any atom is -0.488 e. The number of rotatable bonds is 2. The van der Waals surface area contributed by atoms with Gasteiger partial charge in [0.05, 0.1) is 6.07 Å². The Morgan fingerprint density at radius 2 is 2.04 bits per heavy atom. The predicted molar refractivity (Wildman–Crippen MR) is 91.7 cm³/mol. The van der Waals surface area contributed by atoms with Gasteiger partial charge in [0.25, 0.3) is 0 Å². The van der Waals surface area contributed by atoms with Crippen molar-refractivity contribution in [2.75, 3.05) is 0 Å². The molecule has 1 aliphatic heterocycles. The van der Waals surface area contributed by atoms with Crippen LogP contribution in [0.2, 0.25) is 0 Å². The predicted octanol–water partition coefficient (Wildman–Crippen LogP) is 5.35. The highest BCUT2D eigenvalue weighted by Gasteiger charge is 2.22. The summed E-state index contributed by atoms with van der Waals surface area (Å²) in [5.74, 6) is 0.142. The highest BCUT2D eigenvalue weighted by molar-refractivity contribution is 9.08. The molecule has 3 rings (SSSR count). The molecule has 0 aliphatic carbocycles. The quantitative estimate of drug-likeness (QED) is 0.526. The molecule has 23 heavy (non-hydrogen) atoms. The van der Waals surface area contributed by atoms with Crippen LogP contribution < -0.4 is 4.74 Å². The number of nitriles is 1. The second-order valence-electron chi connectivity index (χ2n) is 5.37. The van der Waals surface area contributed by atoms with Crippen molar-refractivity contribution in [3.8, 4) is 11.8 Å². The van der Waals surface area contributed by atoms with Crippen molar-refractivity contribution in [2.45, 2.75) is 25.3 Å². The second-order valence-corrected chi connectivity index (χ2v) is 5.93. The lowest BCUT2D eigenvalue weighted by Gasteiger charge is -2.13. The van der Waals surface area contributed by atoms with E-state index in [0.717, 1.165) is 33.2 Å². The van der Waals surface area contributed by atoms with Gasteiger partial charge in [0.2, 0.25) is 0 Å². The van der Waals surface area contributed by atoms with Crippen molar-refractivity contribution in [3.05, 3.63) is 70.0 Å². The lowest BCUT2D eigenvalue weighted by atomic mass is 9.89. The molecule has 2 nitrogen and oxygen atoms in total. The van der Waals surface area contributed by atoms with Gasteiger partial charge < -0.3 is 4.74 Å². The SMILES string of the molecule is CC/C(C#N)=C1/c2ccc(CBr)cc2COc2cc(F)ccc21. The van der Waals surface area contributed by atoms with Crippen LogP contribution >= 0.6 is 15.9 Å². The monoisotopic (exact) mass is 371 g/mol. The Kier molecular flexibility index (Phi) is 4.49. The number of allylic oxidation sites excluding steroid dienone is 1. The summed E-state index contributed by atoms with van der Waals surface area (Å²) in [5, 5.41) is 10.3. The molecule has 4 heteroatoms. The Balaban J connectivity index is 2.32. The van der Waals surface area contributed by atoms with Gasteiger partial charge in [-0.25, -0.2) is 4.39 Å². The zero-order valence-corrected chi connectivity index (χ0v) is 14.3. The molecule has 0 amide bonds. The molecule has 2 aromatic rings. The first-order chi connectivity index (χ1) is 11.2. The Morgan fingerprint density at radius 3 is 2.74 bits per heavy atom. The molecule has 0 spiro atoms. The highest BCUT2D eigenvalue weighted by atomic mass is 79.9. The van der Waals surface area contributed by atoms with Gasteiger partial charge in [-0.15, -0.1) is 0 Å². The number of hydrogen-bond donors (Lipinski definition) is 0. The number of alkyl halides is 1. The first-order valence-electron chi connectivity index (χ1n) is 7.42. The van der Waals surface area contributed by atoms with E-state index in [1.165, 1.54) is 12.1 Å². The molecule has 0 fully saturated rings. The van der Waals surface area contributed by atoms with E-state index in [-0.39, 0.29) is 5.82 Å². The Hall–Kier alpha value is -2.12. The third kappa shape index (κ3) is 2.89. The number of fused-ring (bicyclic) bond motifs is 2. The zero-order valence-electron chi connectivity index (χ0n) is 12.7. The Bertz CT molecular complexity index is 836. The summed E-state index contributed by atoms with van der Waals surface area (Å²) in [6.45, 7) is 2.31. The molecule has 1 heterocycles. The summed E-state index contributed by atoms with van der Waals surface area (Å²) in [7, 11) is 0. The third-order valence-corrected chi connectivity index (χ3v) is 4.63. The maximum atomic E-state index is 13.6. The molecule has 1 aliphatic rings. The average Bonchev–Trinajstić information content (AvgIpc) is 2.73. The molecule has 0 bridgehead atoms. The van der Waals surface area contributed by atoms with Crippen LogP contribution in [0.15, 0.2) is 42.0 Å². The normalized spacial score (nSPS) is 14.9. The summed E-state index contributed by atoms with van der Waals surface area (Å²) in [6.07, 6.45) is 0.613. The summed E-state index contributed by atoms with van der Waals surface area (Å²) in [6, 6.07) is 12.9. The topological polar surface area (TPSA) is 33.0 Å². The van der Waals surface area contributed by atoms with Gasteiger partial charge in [-0.05, 0) is 35.2 Å². The van der Waals surface area contributed by atoms with Crippen molar-refractivity contribution in [1.29, 1.82) is 5.26 Å². The van der Waals surface area contributed by atoms with E-state index in [1.54, 1.807) is 6.07 Å². The summed E-state index contributed by atoms with van der Waals surface area (Å²) in [4.78, 5) is 0. The number of hydrogen-bond acceptors (Lipinski definition) is 2. The lowest BCUT2D eigenvalue weighted by molar-refractivity contribution is 0.305. The van der Waals surface area contributed by atoms with E-state index >= 15 is 0 Å². The van der Waals surface area contributed by atoms with E-state index in [1.807, 2.05) is 19.1 Å². The van der Waals surface area contributed by atoms with Gasteiger partial charge in [-0.2, -0.15) is 5.26 Å². The molecule has 116 valence electrons. The fourth-order valence-electron chi connectivity index (χ4n) is 2.85. The van der Waals surface area contributed by atoms with Crippen molar-refractivity contribution in [2.24, 2.45) is 0 Å². The maximum absolute atomic E-state index is 13.6. The molecule has 0 saturated carbocycles. The maximum Gasteiger partial charge on any atom is 0.130 e. The molecule has 2 aromatic carbocycles. The first kappa shape index (κ1) is 15.8. The molecule has 0 atom stereocenters. The van der Waals surface area contributed by atoms with Crippen LogP contribution in [0.3, 0.4) is 0 Å². The summed E-state index contributed by atoms with van der Waals surface area (Å²) >= 11 is 3.46. The standard InChI is InChI=1S/C19H15BrFNO/c1-2-13(10-22)19-16-5-3-12(9-20)7-14(16)11-23-18-8-15(21)4-6-17(18)19/h3-8H,2,9,11H2,1H3/b19-13+. The number of halogens is 2. The fourth-order valence-corrected chi connectivity index (χ4v) is 3.20. The lowest BCUT2D eigenvalue weighted by Crippen LogP contribution is -1.98. The van der Waals surface area contributed by atoms with E-state index in [0.29, 0.717) is 24.4 Å². The summed E-state index contributed by atoms with van der Waals surface area (Å²) in [5.41, 5.74) is 5.43. The van der Waals surface area contributed by atoms with Crippen LogP contribution in [-0.4, -0.2) is 0 Å². The molecular formula is C19H15BrFNO. The van der Waals surface area contributed by atoms with Gasteiger partial charge in [-0.1, -0.05) is 41.1 Å². The second kappa shape index (κ2) is 6.55. The van der Waals surface area contributed by atoms with Gasteiger partial charge >= 0.3 is 0 Å². The molecule has 0 N–H and O–H groups in total. The molecule has 0 radical (unpaired) electrons. The number of nitrogens with zero attached hydrogens (tertiary/aromatic N) is 1. The molecular weight excluding hydrogens is 357 g/mol. The highest BCUT2D eigenvalue weighted by Crippen LogP contribution is 2.39. The van der Waals surface area contributed by atoms with Gasteiger partial charge in [0.15, 0.2) is 0 Å². The largest absolute Gasteiger partial charge is 0.488 e. The van der Waals surface area contributed by atoms with Crippen LogP contribution in [0.4, 0.5) is 4.39 Å². The fraction of sp³-hybridized carbons (Fsp3) is 0.211. The van der Waals surface area contributed by atoms with E-state index < -0.39 is 0 Å². The third-order valence-electron chi connectivity index (χ3n) is 3.98.